The second-order valence-corrected chi connectivity index (χ2v) is 32.2. The molecule has 0 spiro atoms. The van der Waals surface area contributed by atoms with E-state index in [4.69, 9.17) is 61.8 Å². The van der Waals surface area contributed by atoms with Crippen LogP contribution in [-0.4, -0.2) is 157 Å². The molecule has 121 heavy (non-hydrogen) atoms. The van der Waals surface area contributed by atoms with Gasteiger partial charge in [0.2, 0.25) is 29.7 Å². The lowest BCUT2D eigenvalue weighted by molar-refractivity contribution is 0.144. The smallest absolute Gasteiger partial charge is 0.222 e. The van der Waals surface area contributed by atoms with Crippen LogP contribution >= 0.6 is 63.7 Å². The molecule has 0 aromatic carbocycles. The van der Waals surface area contributed by atoms with Crippen molar-refractivity contribution in [1.82, 2.24) is 79.7 Å². The van der Waals surface area contributed by atoms with Crippen LogP contribution in [0.3, 0.4) is 0 Å². The van der Waals surface area contributed by atoms with Crippen LogP contribution in [0.5, 0.6) is 63.4 Å². The van der Waals surface area contributed by atoms with Gasteiger partial charge in [-0.1, -0.05) is 115 Å². The molecule has 650 valence electrons. The van der Waals surface area contributed by atoms with Crippen molar-refractivity contribution >= 4 is 117 Å². The standard InChI is InChI=1S/C19H27BrN6O.C17H24BrN5O2.C16H22BrN5O2.C16H22BrN5O.C16H18N4O2/c1-13(2)14-11-23-17(20)10-15(14)27-16-12-24-19(21)25-18(16)22-6-9-26-7-4-3-5-8-26;1-4-6-24-7-5-20-16-14(10-22-17(19)23-16)25-13-8-15(18)21-9-12(13)11(2)3;1-4-10(23)6-20-15-13(8-21-16(18)22-15)24-12-5-14(17)19-7-11(12)9(2)3;1-4-5-6-19-15-13(9-21-16(18)22-15)23-12-7-14(17)20-8-11(12)10(2)3;1-10(2)5-6-12-8-19-15(21-4)7-13(12)22-14-9-18-11(3)20-16(14)17/h10-13H,3-9H2,1-2H3,(H3,21,22,24,25);8-11H,4-7H2,1-3H3,(H3,19,20,22,23);5,7-10,23H,4,6H2,1-3H3,(H3,18,20,21,22);7-10H,4-6H2,1-3H3,(H3,18,19,21,22);7-10H,1-4H3,(H2,17,18,20). The Morgan fingerprint density at radius 1 is 0.438 bits per heavy atom. The molecule has 0 saturated carbocycles. The molecule has 0 aliphatic carbocycles. The predicted molar refractivity (Wildman–Crippen MR) is 491 cm³/mol. The van der Waals surface area contributed by atoms with Gasteiger partial charge in [0.15, 0.2) is 57.8 Å². The maximum atomic E-state index is 9.73. The molecule has 1 aliphatic rings. The molecule has 0 amide bonds. The molecular weight excluding hydrogens is 1810 g/mol. The van der Waals surface area contributed by atoms with Crippen molar-refractivity contribution < 1.29 is 38.3 Å². The van der Waals surface area contributed by atoms with Gasteiger partial charge in [0, 0.05) is 123 Å². The number of unbranched alkanes of at least 4 members (excludes halogenated alkanes) is 1. The first-order chi connectivity index (χ1) is 57.9. The molecule has 0 bridgehead atoms. The number of aromatic nitrogens is 15. The monoisotopic (exact) mass is 1920 g/mol. The van der Waals surface area contributed by atoms with Gasteiger partial charge < -0.3 is 93.1 Å². The van der Waals surface area contributed by atoms with E-state index in [1.165, 1.54) is 51.9 Å². The van der Waals surface area contributed by atoms with Gasteiger partial charge in [-0.15, -0.1) is 0 Å². The normalized spacial score (nSPS) is 11.9. The number of halogens is 4. The van der Waals surface area contributed by atoms with Gasteiger partial charge in [0.25, 0.3) is 0 Å². The molecule has 0 radical (unpaired) electrons. The van der Waals surface area contributed by atoms with Crippen molar-refractivity contribution in [2.24, 2.45) is 5.92 Å². The largest absolute Gasteiger partial charge is 0.481 e. The fourth-order valence-electron chi connectivity index (χ4n) is 10.9. The molecule has 11 heterocycles. The van der Waals surface area contributed by atoms with Crippen molar-refractivity contribution in [3.8, 4) is 75.2 Å². The first kappa shape index (κ1) is 97.6. The summed E-state index contributed by atoms with van der Waals surface area (Å²) in [5.41, 5.74) is 33.4. The number of pyridine rings is 5. The summed E-state index contributed by atoms with van der Waals surface area (Å²) in [6.45, 7) is 35.7. The highest BCUT2D eigenvalue weighted by Gasteiger charge is 2.22. The minimum absolute atomic E-state index is 0.135. The molecule has 1 atom stereocenters. The van der Waals surface area contributed by atoms with Gasteiger partial charge in [-0.2, -0.15) is 19.9 Å². The first-order valence-electron chi connectivity index (χ1n) is 40.0. The van der Waals surface area contributed by atoms with Gasteiger partial charge in [-0.05, 0) is 140 Å². The fraction of sp³-hybridized carbons (Fsp3) is 0.440. The van der Waals surface area contributed by atoms with Gasteiger partial charge in [-0.25, -0.2) is 54.8 Å². The number of hydrogen-bond donors (Lipinski definition) is 10. The number of nitrogen functional groups attached to an aromatic ring is 5. The summed E-state index contributed by atoms with van der Waals surface area (Å²) < 4.78 is 43.5. The minimum atomic E-state index is -0.477. The number of piperidine rings is 1. The van der Waals surface area contributed by atoms with E-state index in [0.717, 1.165) is 83.9 Å². The Morgan fingerprint density at radius 2 is 0.835 bits per heavy atom. The summed E-state index contributed by atoms with van der Waals surface area (Å²) in [6, 6.07) is 9.00. The lowest BCUT2D eigenvalue weighted by Gasteiger charge is -2.26. The number of anilines is 9. The summed E-state index contributed by atoms with van der Waals surface area (Å²) in [6.07, 6.45) is 23.8. The van der Waals surface area contributed by atoms with E-state index in [9.17, 15) is 5.11 Å². The minimum Gasteiger partial charge on any atom is -0.481 e. The second-order valence-electron chi connectivity index (χ2n) is 29.0. The average molecular weight is 1920 g/mol. The van der Waals surface area contributed by atoms with E-state index < -0.39 is 6.10 Å². The Labute approximate surface area is 742 Å². The lowest BCUT2D eigenvalue weighted by Crippen LogP contribution is -2.33. The number of aliphatic hydroxyl groups excluding tert-OH is 1. The number of methoxy groups -OCH3 is 1. The van der Waals surface area contributed by atoms with Crippen LogP contribution in [0.15, 0.2) is 111 Å². The topological polar surface area (TPSA) is 460 Å². The Kier molecular flexibility index (Phi) is 40.9. The van der Waals surface area contributed by atoms with E-state index in [2.05, 4.69) is 246 Å². The Balaban J connectivity index is 0.000000209. The van der Waals surface area contributed by atoms with Crippen LogP contribution in [0.2, 0.25) is 0 Å². The summed E-state index contributed by atoms with van der Waals surface area (Å²) in [4.78, 5) is 65.0. The summed E-state index contributed by atoms with van der Waals surface area (Å²) in [7, 11) is 1.54. The predicted octanol–water partition coefficient (Wildman–Crippen LogP) is 18.2. The zero-order valence-electron chi connectivity index (χ0n) is 71.3. The van der Waals surface area contributed by atoms with Crippen molar-refractivity contribution in [2.75, 3.05) is 116 Å². The molecule has 1 saturated heterocycles. The van der Waals surface area contributed by atoms with Crippen molar-refractivity contribution in [3.05, 3.63) is 144 Å². The number of ether oxygens (including phenoxy) is 7. The number of nitrogens with zero attached hydrogens (tertiary/aromatic N) is 16. The number of nitrogens with one attached hydrogen (secondary N) is 4. The fourth-order valence-corrected chi connectivity index (χ4v) is 12.2. The highest BCUT2D eigenvalue weighted by Crippen LogP contribution is 2.40. The van der Waals surface area contributed by atoms with Crippen LogP contribution in [0.1, 0.15) is 192 Å². The molecule has 37 heteroatoms. The Morgan fingerprint density at radius 3 is 1.21 bits per heavy atom. The quantitative estimate of drug-likeness (QED) is 0.0104. The zero-order chi connectivity index (χ0) is 88.1. The maximum Gasteiger partial charge on any atom is 0.222 e. The molecule has 10 aromatic heterocycles. The van der Waals surface area contributed by atoms with Crippen molar-refractivity contribution in [2.45, 2.75) is 172 Å². The Hall–Kier alpha value is -10.5. The SMILES string of the molecule is CC(C)c1cnc(Br)cc1Oc1cnc(N)nc1NCCN1CCCCC1.CCC(O)CNc1nc(N)ncc1Oc1cc(Br)ncc1C(C)C.CCCCNc1nc(N)ncc1Oc1cc(Br)ncc1C(C)C.CCCOCCNc1nc(N)ncc1Oc1cc(Br)ncc1C(C)C.COc1cc(Oc2cnc(C)nc2N)c(C#CC(C)C)cn1. The average Bonchev–Trinajstić information content (AvgIpc) is 0.843. The summed E-state index contributed by atoms with van der Waals surface area (Å²) in [5, 5.41) is 22.6. The van der Waals surface area contributed by atoms with E-state index in [-0.39, 0.29) is 59.2 Å². The van der Waals surface area contributed by atoms with Crippen LogP contribution in [-0.2, 0) is 4.74 Å². The molecular formula is C84H113Br4N25O8. The van der Waals surface area contributed by atoms with Crippen LogP contribution in [0.25, 0.3) is 0 Å². The molecule has 10 aromatic rings. The van der Waals surface area contributed by atoms with E-state index in [0.29, 0.717) is 126 Å². The third kappa shape index (κ3) is 33.1. The number of likely N-dealkylation sites (tertiary alicyclic amines) is 1. The number of rotatable bonds is 33. The zero-order valence-corrected chi connectivity index (χ0v) is 77.6. The first-order valence-corrected chi connectivity index (χ1v) is 43.2. The van der Waals surface area contributed by atoms with Gasteiger partial charge in [-0.3, -0.25) is 0 Å². The van der Waals surface area contributed by atoms with E-state index in [1.54, 1.807) is 56.2 Å². The molecule has 1 aliphatic heterocycles. The molecule has 15 N–H and O–H groups in total. The number of hydrogen-bond acceptors (Lipinski definition) is 33. The van der Waals surface area contributed by atoms with Crippen molar-refractivity contribution in [3.63, 3.8) is 0 Å². The van der Waals surface area contributed by atoms with Gasteiger partial charge in [0.05, 0.1) is 62.6 Å². The Bertz CT molecular complexity index is 4970. The van der Waals surface area contributed by atoms with Crippen LogP contribution < -0.4 is 78.4 Å². The van der Waals surface area contributed by atoms with Crippen LogP contribution in [0, 0.1) is 24.7 Å². The molecule has 1 unspecified atom stereocenters. The van der Waals surface area contributed by atoms with Crippen molar-refractivity contribution in [1.29, 1.82) is 0 Å². The second kappa shape index (κ2) is 50.7. The maximum absolute atomic E-state index is 9.73. The summed E-state index contributed by atoms with van der Waals surface area (Å²) >= 11 is 13.5. The third-order valence-corrected chi connectivity index (χ3v) is 19.2. The lowest BCUT2D eigenvalue weighted by atomic mass is 10.1. The van der Waals surface area contributed by atoms with Crippen LogP contribution in [0.4, 0.5) is 52.9 Å². The number of nitrogens with two attached hydrogens (primary N) is 5. The highest BCUT2D eigenvalue weighted by atomic mass is 79.9. The van der Waals surface area contributed by atoms with E-state index in [1.807, 2.05) is 51.4 Å². The highest BCUT2D eigenvalue weighted by molar-refractivity contribution is 9.11. The van der Waals surface area contributed by atoms with Gasteiger partial charge in [0.1, 0.15) is 53.0 Å². The molecule has 1 fully saturated rings. The summed E-state index contributed by atoms with van der Waals surface area (Å²) in [5.74, 6) is 17.4. The number of aryl methyl sites for hydroxylation is 1. The van der Waals surface area contributed by atoms with Gasteiger partial charge >= 0.3 is 0 Å². The molecule has 11 rings (SSSR count). The van der Waals surface area contributed by atoms with E-state index >= 15 is 0 Å². The third-order valence-electron chi connectivity index (χ3n) is 17.4. The molecule has 33 nitrogen and oxygen atoms in total. The number of aliphatic hydroxyl groups is 1.